The summed E-state index contributed by atoms with van der Waals surface area (Å²) in [5.41, 5.74) is 6.22. The summed E-state index contributed by atoms with van der Waals surface area (Å²) in [7, 11) is 0. The van der Waals surface area contributed by atoms with E-state index in [9.17, 15) is 4.79 Å². The number of carbonyl (C=O) groups is 1. The first-order chi connectivity index (χ1) is 8.66. The number of nitrogen functional groups attached to an aromatic ring is 1. The van der Waals surface area contributed by atoms with E-state index in [0.29, 0.717) is 30.4 Å². The number of hydrogen-bond donors (Lipinski definition) is 2. The summed E-state index contributed by atoms with van der Waals surface area (Å²) in [6.07, 6.45) is 2.02. The Balaban J connectivity index is 1.87. The molecule has 1 amide bonds. The molecule has 0 aromatic carbocycles. The van der Waals surface area contributed by atoms with E-state index in [1.54, 1.807) is 19.1 Å². The van der Waals surface area contributed by atoms with Crippen LogP contribution in [0.25, 0.3) is 0 Å². The smallest absolute Gasteiger partial charge is 0.272 e. The van der Waals surface area contributed by atoms with Crippen LogP contribution in [-0.4, -0.2) is 27.6 Å². The third-order valence-corrected chi connectivity index (χ3v) is 2.26. The summed E-state index contributed by atoms with van der Waals surface area (Å²) in [6.45, 7) is 2.11. The van der Waals surface area contributed by atoms with Crippen molar-refractivity contribution in [2.24, 2.45) is 0 Å². The highest BCUT2D eigenvalue weighted by atomic mass is 16.5. The first kappa shape index (κ1) is 12.0. The number of anilines is 1. The number of rotatable bonds is 4. The van der Waals surface area contributed by atoms with Crippen molar-refractivity contribution >= 4 is 11.6 Å². The quantitative estimate of drug-likeness (QED) is 0.806. The van der Waals surface area contributed by atoms with Gasteiger partial charge in [-0.05, 0) is 12.1 Å². The number of nitrogens with zero attached hydrogens (tertiary/aromatic N) is 3. The van der Waals surface area contributed by atoms with Crippen molar-refractivity contribution in [2.75, 3.05) is 12.3 Å². The highest BCUT2D eigenvalue weighted by Crippen LogP contribution is 2.06. The predicted molar refractivity (Wildman–Crippen MR) is 63.7 cm³/mol. The number of amides is 1. The molecule has 7 nitrogen and oxygen atoms in total. The van der Waals surface area contributed by atoms with Gasteiger partial charge < -0.3 is 15.6 Å². The van der Waals surface area contributed by atoms with Gasteiger partial charge in [0.05, 0.1) is 5.69 Å². The highest BCUT2D eigenvalue weighted by Gasteiger charge is 2.10. The average molecular weight is 247 g/mol. The first-order valence-electron chi connectivity index (χ1n) is 5.44. The van der Waals surface area contributed by atoms with Crippen LogP contribution in [0.5, 0.6) is 0 Å². The lowest BCUT2D eigenvalue weighted by Gasteiger charge is -2.04. The zero-order valence-electron chi connectivity index (χ0n) is 9.88. The van der Waals surface area contributed by atoms with Crippen LogP contribution in [0, 0.1) is 6.92 Å². The molecule has 0 saturated heterocycles. The molecule has 0 radical (unpaired) electrons. The Morgan fingerprint density at radius 1 is 1.56 bits per heavy atom. The van der Waals surface area contributed by atoms with Gasteiger partial charge in [0.25, 0.3) is 5.91 Å². The molecule has 0 saturated carbocycles. The second kappa shape index (κ2) is 5.26. The van der Waals surface area contributed by atoms with Crippen LogP contribution in [0.3, 0.4) is 0 Å². The van der Waals surface area contributed by atoms with Gasteiger partial charge in [-0.3, -0.25) is 4.79 Å². The molecule has 94 valence electrons. The van der Waals surface area contributed by atoms with Crippen molar-refractivity contribution < 1.29 is 9.32 Å². The molecular weight excluding hydrogens is 234 g/mol. The lowest BCUT2D eigenvalue weighted by atomic mass is 10.3. The number of nitrogens with two attached hydrogens (primary N) is 1. The Morgan fingerprint density at radius 3 is 3.06 bits per heavy atom. The van der Waals surface area contributed by atoms with Crippen molar-refractivity contribution in [1.82, 2.24) is 20.4 Å². The Kier molecular flexibility index (Phi) is 3.52. The van der Waals surface area contributed by atoms with E-state index < -0.39 is 0 Å². The molecular formula is C11H13N5O2. The molecule has 2 heterocycles. The molecule has 0 unspecified atom stereocenters. The standard InChI is InChI=1S/C11H13N5O2/c1-7-15-9(16-18-7)4-6-14-11(17)10-8(12)3-2-5-13-10/h2-3,5H,4,6,12H2,1H3,(H,14,17). The third-order valence-electron chi connectivity index (χ3n) is 2.26. The third kappa shape index (κ3) is 2.82. The van der Waals surface area contributed by atoms with Gasteiger partial charge >= 0.3 is 0 Å². The largest absolute Gasteiger partial charge is 0.397 e. The van der Waals surface area contributed by atoms with Gasteiger partial charge in [0.15, 0.2) is 11.5 Å². The summed E-state index contributed by atoms with van der Waals surface area (Å²) < 4.78 is 4.82. The first-order valence-corrected chi connectivity index (χ1v) is 5.44. The van der Waals surface area contributed by atoms with E-state index in [4.69, 9.17) is 10.3 Å². The van der Waals surface area contributed by atoms with Crippen LogP contribution in [-0.2, 0) is 6.42 Å². The lowest BCUT2D eigenvalue weighted by molar-refractivity contribution is 0.0950. The van der Waals surface area contributed by atoms with E-state index in [2.05, 4.69) is 20.4 Å². The van der Waals surface area contributed by atoms with E-state index in [0.717, 1.165) is 0 Å². The van der Waals surface area contributed by atoms with Gasteiger partial charge in [0.2, 0.25) is 5.89 Å². The number of nitrogens with one attached hydrogen (secondary N) is 1. The van der Waals surface area contributed by atoms with E-state index in [1.807, 2.05) is 0 Å². The predicted octanol–water partition coefficient (Wildman–Crippen LogP) is 0.328. The van der Waals surface area contributed by atoms with E-state index in [1.165, 1.54) is 6.20 Å². The Hall–Kier alpha value is -2.44. The fraction of sp³-hybridized carbons (Fsp3) is 0.273. The number of hydrogen-bond acceptors (Lipinski definition) is 6. The Labute approximate surface area is 103 Å². The fourth-order valence-electron chi connectivity index (χ4n) is 1.42. The molecule has 0 bridgehead atoms. The zero-order valence-corrected chi connectivity index (χ0v) is 9.88. The normalized spacial score (nSPS) is 10.3. The number of aryl methyl sites for hydroxylation is 1. The summed E-state index contributed by atoms with van der Waals surface area (Å²) in [5, 5.41) is 6.42. The Morgan fingerprint density at radius 2 is 2.39 bits per heavy atom. The molecule has 0 aliphatic rings. The van der Waals surface area contributed by atoms with Crippen molar-refractivity contribution in [3.63, 3.8) is 0 Å². The summed E-state index contributed by atoms with van der Waals surface area (Å²) >= 11 is 0. The van der Waals surface area contributed by atoms with Crippen molar-refractivity contribution in [3.8, 4) is 0 Å². The number of pyridine rings is 1. The van der Waals surface area contributed by atoms with Gasteiger partial charge in [0, 0.05) is 26.1 Å². The van der Waals surface area contributed by atoms with Crippen molar-refractivity contribution in [3.05, 3.63) is 35.7 Å². The minimum atomic E-state index is -0.312. The molecule has 0 spiro atoms. The molecule has 2 aromatic heterocycles. The van der Waals surface area contributed by atoms with Crippen molar-refractivity contribution in [1.29, 1.82) is 0 Å². The van der Waals surface area contributed by atoms with Gasteiger partial charge in [0.1, 0.15) is 0 Å². The second-order valence-corrected chi connectivity index (χ2v) is 3.68. The van der Waals surface area contributed by atoms with E-state index in [-0.39, 0.29) is 11.6 Å². The topological polar surface area (TPSA) is 107 Å². The van der Waals surface area contributed by atoms with Crippen LogP contribution in [0.4, 0.5) is 5.69 Å². The molecule has 3 N–H and O–H groups in total. The number of aromatic nitrogens is 3. The van der Waals surface area contributed by atoms with Gasteiger partial charge in [-0.2, -0.15) is 4.98 Å². The summed E-state index contributed by atoms with van der Waals surface area (Å²) in [5.74, 6) is 0.750. The van der Waals surface area contributed by atoms with E-state index >= 15 is 0 Å². The lowest BCUT2D eigenvalue weighted by Crippen LogP contribution is -2.27. The van der Waals surface area contributed by atoms with Gasteiger partial charge in [-0.25, -0.2) is 4.98 Å². The van der Waals surface area contributed by atoms with Gasteiger partial charge in [-0.1, -0.05) is 5.16 Å². The molecule has 2 aromatic rings. The van der Waals surface area contributed by atoms with Crippen LogP contribution in [0.15, 0.2) is 22.9 Å². The van der Waals surface area contributed by atoms with Gasteiger partial charge in [-0.15, -0.1) is 0 Å². The number of carbonyl (C=O) groups excluding carboxylic acids is 1. The van der Waals surface area contributed by atoms with Crippen LogP contribution in [0.1, 0.15) is 22.2 Å². The molecule has 0 fully saturated rings. The maximum Gasteiger partial charge on any atom is 0.272 e. The Bertz CT molecular complexity index is 552. The average Bonchev–Trinajstić information content (AvgIpc) is 2.75. The molecule has 0 aliphatic heterocycles. The van der Waals surface area contributed by atoms with Crippen LogP contribution >= 0.6 is 0 Å². The van der Waals surface area contributed by atoms with Crippen LogP contribution in [0.2, 0.25) is 0 Å². The molecule has 0 aliphatic carbocycles. The molecule has 2 rings (SSSR count). The minimum Gasteiger partial charge on any atom is -0.397 e. The highest BCUT2D eigenvalue weighted by molar-refractivity contribution is 5.96. The molecule has 7 heteroatoms. The maximum absolute atomic E-state index is 11.7. The SMILES string of the molecule is Cc1nc(CCNC(=O)c2ncccc2N)no1. The minimum absolute atomic E-state index is 0.224. The van der Waals surface area contributed by atoms with Crippen LogP contribution < -0.4 is 11.1 Å². The molecule has 0 atom stereocenters. The van der Waals surface area contributed by atoms with Crippen molar-refractivity contribution in [2.45, 2.75) is 13.3 Å². The molecule has 18 heavy (non-hydrogen) atoms. The monoisotopic (exact) mass is 247 g/mol. The summed E-state index contributed by atoms with van der Waals surface area (Å²) in [4.78, 5) is 19.7. The zero-order chi connectivity index (χ0) is 13.0. The summed E-state index contributed by atoms with van der Waals surface area (Å²) in [6, 6.07) is 3.30. The second-order valence-electron chi connectivity index (χ2n) is 3.68. The fourth-order valence-corrected chi connectivity index (χ4v) is 1.42. The maximum atomic E-state index is 11.7.